The van der Waals surface area contributed by atoms with Crippen LogP contribution in [-0.4, -0.2) is 42.4 Å². The minimum Gasteiger partial charge on any atom is -0.373 e. The maximum atomic E-state index is 6.23. The van der Waals surface area contributed by atoms with Gasteiger partial charge in [0.25, 0.3) is 0 Å². The Morgan fingerprint density at radius 2 is 1.35 bits per heavy atom. The van der Waals surface area contributed by atoms with Crippen molar-refractivity contribution in [3.63, 3.8) is 0 Å². The third-order valence-electron chi connectivity index (χ3n) is 3.92. The zero-order valence-corrected chi connectivity index (χ0v) is 17.2. The van der Waals surface area contributed by atoms with Gasteiger partial charge in [0.2, 0.25) is 0 Å². The van der Waals surface area contributed by atoms with Crippen LogP contribution >= 0.6 is 0 Å². The monoisotopic (exact) mass is 362 g/mol. The summed E-state index contributed by atoms with van der Waals surface area (Å²) in [5.74, 6) is -0.798. The number of ether oxygens (including phenoxy) is 4. The van der Waals surface area contributed by atoms with E-state index in [-0.39, 0.29) is 23.4 Å². The van der Waals surface area contributed by atoms with Gasteiger partial charge in [-0.2, -0.15) is 0 Å². The zero-order chi connectivity index (χ0) is 19.4. The molecule has 0 aromatic heterocycles. The summed E-state index contributed by atoms with van der Waals surface area (Å²) in [6.45, 7) is 15.1. The van der Waals surface area contributed by atoms with E-state index in [0.29, 0.717) is 13.2 Å². The van der Waals surface area contributed by atoms with Crippen LogP contribution in [0, 0.1) is 0 Å². The number of benzene rings is 1. The Morgan fingerprint density at radius 3 is 1.77 bits per heavy atom. The van der Waals surface area contributed by atoms with E-state index in [9.17, 15) is 0 Å². The van der Waals surface area contributed by atoms with Gasteiger partial charge in [-0.25, -0.2) is 0 Å². The molecule has 4 nitrogen and oxygen atoms in total. The Morgan fingerprint density at radius 1 is 0.885 bits per heavy atom. The van der Waals surface area contributed by atoms with E-state index in [1.807, 2.05) is 78.8 Å². The molecule has 0 spiro atoms. The van der Waals surface area contributed by atoms with Gasteiger partial charge in [-0.05, 0) is 60.1 Å². The fraction of sp³-hybridized carbons (Fsp3) is 0.636. The molecular weight excluding hydrogens is 328 g/mol. The summed E-state index contributed by atoms with van der Waals surface area (Å²) in [6, 6.07) is 10.1. The lowest BCUT2D eigenvalue weighted by Crippen LogP contribution is -2.37. The summed E-state index contributed by atoms with van der Waals surface area (Å²) in [4.78, 5) is 0. The average Bonchev–Trinajstić information content (AvgIpc) is 2.86. The van der Waals surface area contributed by atoms with E-state index in [4.69, 9.17) is 18.9 Å². The van der Waals surface area contributed by atoms with Gasteiger partial charge in [0.1, 0.15) is 12.2 Å². The molecule has 0 aliphatic carbocycles. The van der Waals surface area contributed by atoms with Gasteiger partial charge in [0.05, 0.1) is 24.4 Å². The molecule has 146 valence electrons. The highest BCUT2D eigenvalue weighted by molar-refractivity contribution is 5.49. The van der Waals surface area contributed by atoms with Gasteiger partial charge in [-0.1, -0.05) is 36.4 Å². The van der Waals surface area contributed by atoms with E-state index >= 15 is 0 Å². The number of hydrogen-bond acceptors (Lipinski definition) is 4. The van der Waals surface area contributed by atoms with Crippen LogP contribution in [0.15, 0.2) is 36.4 Å². The first-order valence-corrected chi connectivity index (χ1v) is 9.34. The van der Waals surface area contributed by atoms with Crippen LogP contribution in [0.25, 0.3) is 6.08 Å². The van der Waals surface area contributed by atoms with Crippen LogP contribution in [0.4, 0.5) is 0 Å². The predicted molar refractivity (Wildman–Crippen MR) is 105 cm³/mol. The van der Waals surface area contributed by atoms with Crippen molar-refractivity contribution >= 4 is 6.08 Å². The molecule has 26 heavy (non-hydrogen) atoms. The topological polar surface area (TPSA) is 36.9 Å². The third kappa shape index (κ3) is 7.20. The summed E-state index contributed by atoms with van der Waals surface area (Å²) < 4.78 is 24.4. The lowest BCUT2D eigenvalue weighted by Gasteiger charge is -2.26. The molecule has 1 aliphatic rings. The molecule has 1 heterocycles. The van der Waals surface area contributed by atoms with E-state index in [1.165, 1.54) is 0 Å². The summed E-state index contributed by atoms with van der Waals surface area (Å²) in [5, 5.41) is 0. The molecular formula is C22H34O4. The summed E-state index contributed by atoms with van der Waals surface area (Å²) >= 11 is 0. The van der Waals surface area contributed by atoms with E-state index in [1.54, 1.807) is 0 Å². The van der Waals surface area contributed by atoms with Crippen LogP contribution in [0.1, 0.15) is 54.0 Å². The predicted octanol–water partition coefficient (Wildman–Crippen LogP) is 4.83. The van der Waals surface area contributed by atoms with Gasteiger partial charge >= 0.3 is 0 Å². The fourth-order valence-electron chi connectivity index (χ4n) is 2.62. The normalized spacial score (nSPS) is 23.7. The Bertz CT molecular complexity index is 554. The summed E-state index contributed by atoms with van der Waals surface area (Å²) in [5.41, 5.74) is 0.660. The largest absolute Gasteiger partial charge is 0.373 e. The molecule has 0 saturated carbocycles. The molecule has 2 rings (SSSR count). The van der Waals surface area contributed by atoms with Crippen molar-refractivity contribution in [2.24, 2.45) is 0 Å². The van der Waals surface area contributed by atoms with Crippen LogP contribution in [0.3, 0.4) is 0 Å². The van der Waals surface area contributed by atoms with Gasteiger partial charge in [-0.15, -0.1) is 0 Å². The SMILES string of the molecule is CC(C)(C)OC[C@@H]1OC(C)(/C=C/c2ccccc2)O[C@H]1COC(C)(C)C. The van der Waals surface area contributed by atoms with E-state index in [2.05, 4.69) is 12.1 Å². The van der Waals surface area contributed by atoms with Crippen molar-refractivity contribution in [3.05, 3.63) is 42.0 Å². The highest BCUT2D eigenvalue weighted by Gasteiger charge is 2.44. The minimum absolute atomic E-state index is 0.179. The smallest absolute Gasteiger partial charge is 0.186 e. The van der Waals surface area contributed by atoms with Gasteiger partial charge in [0.15, 0.2) is 5.79 Å². The molecule has 4 heteroatoms. The molecule has 1 aromatic carbocycles. The molecule has 0 radical (unpaired) electrons. The fourth-order valence-corrected chi connectivity index (χ4v) is 2.62. The first kappa shape index (κ1) is 21.1. The lowest BCUT2D eigenvalue weighted by molar-refractivity contribution is -0.139. The number of hydrogen-bond donors (Lipinski definition) is 0. The molecule has 0 amide bonds. The Labute approximate surface area is 158 Å². The first-order chi connectivity index (χ1) is 12.0. The van der Waals surface area contributed by atoms with Gasteiger partial charge in [0, 0.05) is 0 Å². The Kier molecular flexibility index (Phi) is 6.67. The van der Waals surface area contributed by atoms with E-state index in [0.717, 1.165) is 5.56 Å². The summed E-state index contributed by atoms with van der Waals surface area (Å²) in [6.07, 6.45) is 3.63. The zero-order valence-electron chi connectivity index (χ0n) is 17.2. The van der Waals surface area contributed by atoms with Crippen molar-refractivity contribution in [1.82, 2.24) is 0 Å². The Balaban J connectivity index is 2.07. The van der Waals surface area contributed by atoms with Crippen molar-refractivity contribution < 1.29 is 18.9 Å². The summed E-state index contributed by atoms with van der Waals surface area (Å²) in [7, 11) is 0. The molecule has 0 bridgehead atoms. The van der Waals surface area contributed by atoms with Gasteiger partial charge in [-0.3, -0.25) is 0 Å². The molecule has 1 aromatic rings. The molecule has 1 fully saturated rings. The third-order valence-corrected chi connectivity index (χ3v) is 3.92. The van der Waals surface area contributed by atoms with Crippen LogP contribution in [0.2, 0.25) is 0 Å². The highest BCUT2D eigenvalue weighted by atomic mass is 16.8. The average molecular weight is 363 g/mol. The van der Waals surface area contributed by atoms with Crippen LogP contribution < -0.4 is 0 Å². The minimum atomic E-state index is -0.798. The van der Waals surface area contributed by atoms with Crippen molar-refractivity contribution in [2.45, 2.75) is 77.7 Å². The van der Waals surface area contributed by atoms with E-state index < -0.39 is 5.79 Å². The first-order valence-electron chi connectivity index (χ1n) is 9.34. The standard InChI is InChI=1S/C22H34O4/c1-20(2,3)23-15-18-19(16-24-21(4,5)6)26-22(7,25-18)14-13-17-11-9-8-10-12-17/h8-14,18-19H,15-16H2,1-7H3/b14-13+/t18-,19-/m0/s1. The second-order valence-corrected chi connectivity index (χ2v) is 8.92. The van der Waals surface area contributed by atoms with Crippen LogP contribution in [0.5, 0.6) is 0 Å². The molecule has 1 aliphatic heterocycles. The molecule has 1 saturated heterocycles. The second-order valence-electron chi connectivity index (χ2n) is 8.92. The quantitative estimate of drug-likeness (QED) is 0.726. The number of rotatable bonds is 6. The van der Waals surface area contributed by atoms with Crippen molar-refractivity contribution in [2.75, 3.05) is 13.2 Å². The maximum absolute atomic E-state index is 6.23. The lowest BCUT2D eigenvalue weighted by atomic mass is 10.1. The maximum Gasteiger partial charge on any atom is 0.186 e. The highest BCUT2D eigenvalue weighted by Crippen LogP contribution is 2.32. The van der Waals surface area contributed by atoms with Gasteiger partial charge < -0.3 is 18.9 Å². The second kappa shape index (κ2) is 8.22. The molecule has 2 atom stereocenters. The molecule has 0 unspecified atom stereocenters. The van der Waals surface area contributed by atoms with Crippen molar-refractivity contribution in [1.29, 1.82) is 0 Å². The van der Waals surface area contributed by atoms with Crippen LogP contribution in [-0.2, 0) is 18.9 Å². The Hall–Kier alpha value is -1.20. The molecule has 0 N–H and O–H groups in total. The van der Waals surface area contributed by atoms with Crippen molar-refractivity contribution in [3.8, 4) is 0 Å².